The molecule has 1 aromatic carbocycles. The first-order valence-electron chi connectivity index (χ1n) is 7.87. The molecule has 0 saturated carbocycles. The van der Waals surface area contributed by atoms with Crippen LogP contribution in [0.4, 0.5) is 5.69 Å². The molecule has 1 aromatic rings. The largest absolute Gasteiger partial charge is 0.396 e. The van der Waals surface area contributed by atoms with Gasteiger partial charge in [-0.1, -0.05) is 29.8 Å². The summed E-state index contributed by atoms with van der Waals surface area (Å²) in [5.74, 6) is -0.414. The van der Waals surface area contributed by atoms with Crippen LogP contribution >= 0.6 is 0 Å². The molecule has 1 aliphatic carbocycles. The summed E-state index contributed by atoms with van der Waals surface area (Å²) in [5, 5.41) is 13.3. The number of nitrogens with one attached hydrogen (secondary N) is 2. The monoisotopic (exact) mass is 328 g/mol. The molecule has 0 saturated heterocycles. The number of amides is 2. The predicted molar refractivity (Wildman–Crippen MR) is 90.4 cm³/mol. The summed E-state index contributed by atoms with van der Waals surface area (Å²) in [6, 6.07) is 7.28. The minimum Gasteiger partial charge on any atom is -0.396 e. The smallest absolute Gasteiger partial charge is 0.288 e. The first-order chi connectivity index (χ1) is 11.6. The first kappa shape index (κ1) is 16.2. The number of carbonyl (C=O) groups excluding carboxylic acids is 2. The molecule has 1 aliphatic heterocycles. The van der Waals surface area contributed by atoms with Gasteiger partial charge >= 0.3 is 0 Å². The molecule has 2 amide bonds. The number of hydrogen-bond acceptors (Lipinski definition) is 5. The zero-order valence-corrected chi connectivity index (χ0v) is 13.4. The number of rotatable bonds is 4. The van der Waals surface area contributed by atoms with Crippen molar-refractivity contribution in [1.82, 2.24) is 10.7 Å². The molecule has 0 aromatic heterocycles. The van der Waals surface area contributed by atoms with Crippen molar-refractivity contribution >= 4 is 23.3 Å². The second kappa shape index (κ2) is 6.84. The Balaban J connectivity index is 1.66. The van der Waals surface area contributed by atoms with Crippen molar-refractivity contribution in [2.24, 2.45) is 10.9 Å². The van der Waals surface area contributed by atoms with Crippen molar-refractivity contribution in [3.05, 3.63) is 42.0 Å². The molecule has 0 radical (unpaired) electrons. The topological polar surface area (TPSA) is 94.0 Å². The Bertz CT molecular complexity index is 696. The van der Waals surface area contributed by atoms with E-state index in [1.54, 1.807) is 0 Å². The van der Waals surface area contributed by atoms with Gasteiger partial charge in [0, 0.05) is 18.6 Å². The Hall–Kier alpha value is -2.67. The lowest BCUT2D eigenvalue weighted by molar-refractivity contribution is -0.118. The van der Waals surface area contributed by atoms with Crippen LogP contribution in [-0.4, -0.2) is 41.9 Å². The van der Waals surface area contributed by atoms with Crippen LogP contribution in [0.5, 0.6) is 0 Å². The highest BCUT2D eigenvalue weighted by Gasteiger charge is 2.27. The molecule has 24 heavy (non-hydrogen) atoms. The predicted octanol–water partition coefficient (Wildman–Crippen LogP) is 0.298. The molecule has 2 aliphatic rings. The highest BCUT2D eigenvalue weighted by molar-refractivity contribution is 6.39. The third kappa shape index (κ3) is 3.46. The van der Waals surface area contributed by atoms with Crippen molar-refractivity contribution in [3.63, 3.8) is 0 Å². The lowest BCUT2D eigenvalue weighted by Gasteiger charge is -2.28. The van der Waals surface area contributed by atoms with E-state index in [1.807, 2.05) is 43.3 Å². The standard InChI is InChI=1S/C17H20N4O3/c1-11-2-6-14(7-3-11)21-15(23)9-18-16(20-21)17(24)19-13-5-4-12(8-13)10-22/h2-7,12-13,22H,8-10H2,1H3,(H,18,20)(H,19,24)/t12-,13+/m0/s1. The van der Waals surface area contributed by atoms with Gasteiger partial charge in [-0.15, -0.1) is 0 Å². The summed E-state index contributed by atoms with van der Waals surface area (Å²) >= 11 is 0. The van der Waals surface area contributed by atoms with E-state index in [0.717, 1.165) is 5.56 Å². The Morgan fingerprint density at radius 1 is 1.38 bits per heavy atom. The van der Waals surface area contributed by atoms with Crippen LogP contribution in [0.25, 0.3) is 0 Å². The van der Waals surface area contributed by atoms with Crippen LogP contribution in [0.1, 0.15) is 12.0 Å². The fourth-order valence-electron chi connectivity index (χ4n) is 2.70. The fraction of sp³-hybridized carbons (Fsp3) is 0.353. The highest BCUT2D eigenvalue weighted by Crippen LogP contribution is 2.17. The van der Waals surface area contributed by atoms with Crippen molar-refractivity contribution in [2.45, 2.75) is 19.4 Å². The number of anilines is 1. The van der Waals surface area contributed by atoms with Crippen LogP contribution in [0.3, 0.4) is 0 Å². The molecule has 2 atom stereocenters. The Morgan fingerprint density at radius 2 is 2.12 bits per heavy atom. The second-order valence-corrected chi connectivity index (χ2v) is 5.98. The average Bonchev–Trinajstić information content (AvgIpc) is 3.04. The van der Waals surface area contributed by atoms with Crippen LogP contribution in [-0.2, 0) is 9.59 Å². The second-order valence-electron chi connectivity index (χ2n) is 5.98. The van der Waals surface area contributed by atoms with Gasteiger partial charge in [-0.2, -0.15) is 0 Å². The lowest BCUT2D eigenvalue weighted by atomic mass is 10.1. The molecule has 0 fully saturated rings. The van der Waals surface area contributed by atoms with Crippen molar-refractivity contribution in [2.75, 3.05) is 18.2 Å². The minimum atomic E-state index is -0.368. The van der Waals surface area contributed by atoms with Gasteiger partial charge in [-0.05, 0) is 25.5 Å². The molecular weight excluding hydrogens is 308 g/mol. The number of hydrazine groups is 1. The molecule has 7 heteroatoms. The van der Waals surface area contributed by atoms with Gasteiger partial charge < -0.3 is 10.4 Å². The van der Waals surface area contributed by atoms with E-state index >= 15 is 0 Å². The van der Waals surface area contributed by atoms with Gasteiger partial charge in [0.2, 0.25) is 5.84 Å². The van der Waals surface area contributed by atoms with Crippen LogP contribution in [0, 0.1) is 12.8 Å². The Labute approximate surface area is 140 Å². The number of aliphatic hydroxyl groups excluding tert-OH is 1. The number of benzene rings is 1. The molecule has 3 rings (SSSR count). The quantitative estimate of drug-likeness (QED) is 0.693. The van der Waals surface area contributed by atoms with E-state index in [1.165, 1.54) is 5.01 Å². The molecule has 1 heterocycles. The normalized spacial score (nSPS) is 23.0. The van der Waals surface area contributed by atoms with Gasteiger partial charge in [0.1, 0.15) is 6.54 Å². The van der Waals surface area contributed by atoms with Gasteiger partial charge in [0.25, 0.3) is 11.8 Å². The van der Waals surface area contributed by atoms with Gasteiger partial charge in [0.05, 0.1) is 5.69 Å². The van der Waals surface area contributed by atoms with Crippen LogP contribution in [0.2, 0.25) is 0 Å². The van der Waals surface area contributed by atoms with Gasteiger partial charge in [-0.25, -0.2) is 5.01 Å². The maximum absolute atomic E-state index is 12.3. The summed E-state index contributed by atoms with van der Waals surface area (Å²) < 4.78 is 0. The SMILES string of the molecule is Cc1ccc(N2NC(C(=O)N[C@@H]3C=C[C@H](CO)C3)=NCC2=O)cc1. The van der Waals surface area contributed by atoms with Crippen LogP contribution in [0.15, 0.2) is 41.4 Å². The van der Waals surface area contributed by atoms with Crippen molar-refractivity contribution in [1.29, 1.82) is 0 Å². The molecule has 126 valence electrons. The van der Waals surface area contributed by atoms with E-state index < -0.39 is 0 Å². The number of carbonyl (C=O) groups is 2. The zero-order valence-electron chi connectivity index (χ0n) is 13.4. The summed E-state index contributed by atoms with van der Waals surface area (Å²) in [4.78, 5) is 28.4. The van der Waals surface area contributed by atoms with E-state index in [-0.39, 0.29) is 42.8 Å². The number of nitrogens with zero attached hydrogens (tertiary/aromatic N) is 2. The number of aliphatic hydroxyl groups is 1. The third-order valence-electron chi connectivity index (χ3n) is 4.07. The van der Waals surface area contributed by atoms with Gasteiger partial charge in [-0.3, -0.25) is 20.0 Å². The van der Waals surface area contributed by atoms with E-state index in [2.05, 4.69) is 15.7 Å². The molecular formula is C17H20N4O3. The van der Waals surface area contributed by atoms with Crippen LogP contribution < -0.4 is 15.8 Å². The van der Waals surface area contributed by atoms with Crippen molar-refractivity contribution < 1.29 is 14.7 Å². The summed E-state index contributed by atoms with van der Waals surface area (Å²) in [5.41, 5.74) is 4.53. The van der Waals surface area contributed by atoms with E-state index in [0.29, 0.717) is 12.1 Å². The fourth-order valence-corrected chi connectivity index (χ4v) is 2.70. The summed E-state index contributed by atoms with van der Waals surface area (Å²) in [6.45, 7) is 1.95. The zero-order chi connectivity index (χ0) is 17.1. The molecule has 0 unspecified atom stereocenters. The van der Waals surface area contributed by atoms with Gasteiger partial charge in [0.15, 0.2) is 0 Å². The molecule has 0 bridgehead atoms. The number of aliphatic imine (C=N–C) groups is 1. The molecule has 3 N–H and O–H groups in total. The maximum atomic E-state index is 12.3. The maximum Gasteiger partial charge on any atom is 0.288 e. The Kier molecular flexibility index (Phi) is 4.61. The number of hydrogen-bond donors (Lipinski definition) is 3. The third-order valence-corrected chi connectivity index (χ3v) is 4.07. The highest BCUT2D eigenvalue weighted by atomic mass is 16.3. The number of aryl methyl sites for hydroxylation is 1. The van der Waals surface area contributed by atoms with Crippen molar-refractivity contribution in [3.8, 4) is 0 Å². The average molecular weight is 328 g/mol. The minimum absolute atomic E-state index is 0.0672. The molecule has 7 nitrogen and oxygen atoms in total. The summed E-state index contributed by atoms with van der Waals surface area (Å²) in [7, 11) is 0. The van der Waals surface area contributed by atoms with E-state index in [4.69, 9.17) is 5.11 Å². The first-order valence-corrected chi connectivity index (χ1v) is 7.87. The Morgan fingerprint density at radius 3 is 2.79 bits per heavy atom. The van der Waals surface area contributed by atoms with E-state index in [9.17, 15) is 9.59 Å². The number of amidine groups is 1. The lowest BCUT2D eigenvalue weighted by Crippen LogP contribution is -2.56. The summed E-state index contributed by atoms with van der Waals surface area (Å²) in [6.07, 6.45) is 4.42. The molecule has 0 spiro atoms.